The van der Waals surface area contributed by atoms with E-state index in [1.54, 1.807) is 0 Å². The van der Waals surface area contributed by atoms with Crippen LogP contribution in [0.2, 0.25) is 0 Å². The van der Waals surface area contributed by atoms with E-state index in [-0.39, 0.29) is 0 Å². The molecule has 2 rings (SSSR count). The van der Waals surface area contributed by atoms with Crippen LogP contribution in [0.4, 0.5) is 0 Å². The van der Waals surface area contributed by atoms with Crippen molar-refractivity contribution in [2.45, 2.75) is 44.7 Å². The first-order valence-corrected chi connectivity index (χ1v) is 7.62. The number of piperidine rings is 1. The van der Waals surface area contributed by atoms with Gasteiger partial charge in [0.25, 0.3) is 0 Å². The first kappa shape index (κ1) is 11.7. The zero-order valence-corrected chi connectivity index (χ0v) is 10.7. The Balaban J connectivity index is 1.69. The number of rotatable bonds is 5. The quantitative estimate of drug-likeness (QED) is 0.724. The van der Waals surface area contributed by atoms with Gasteiger partial charge in [0.15, 0.2) is 0 Å². The van der Waals surface area contributed by atoms with Crippen LogP contribution >= 0.6 is 11.8 Å². The maximum absolute atomic E-state index is 3.75. The summed E-state index contributed by atoms with van der Waals surface area (Å²) in [5.74, 6) is 2.53. The molecule has 3 heteroatoms. The van der Waals surface area contributed by atoms with E-state index in [1.807, 2.05) is 11.8 Å². The van der Waals surface area contributed by atoms with Crippen molar-refractivity contribution < 1.29 is 0 Å². The minimum Gasteiger partial charge on any atom is -0.312 e. The van der Waals surface area contributed by atoms with Crippen molar-refractivity contribution in [3.05, 3.63) is 0 Å². The highest BCUT2D eigenvalue weighted by molar-refractivity contribution is 7.99. The molecule has 2 saturated heterocycles. The molecule has 2 fully saturated rings. The Labute approximate surface area is 98.2 Å². The van der Waals surface area contributed by atoms with Gasteiger partial charge < -0.3 is 5.32 Å². The third kappa shape index (κ3) is 3.11. The highest BCUT2D eigenvalue weighted by Crippen LogP contribution is 2.26. The summed E-state index contributed by atoms with van der Waals surface area (Å²) in [5, 5.41) is 3.75. The molecular formula is C12H24N2S. The van der Waals surface area contributed by atoms with E-state index < -0.39 is 0 Å². The molecule has 2 aliphatic heterocycles. The van der Waals surface area contributed by atoms with Crippen LogP contribution < -0.4 is 5.32 Å². The highest BCUT2D eigenvalue weighted by atomic mass is 32.2. The lowest BCUT2D eigenvalue weighted by Gasteiger charge is -2.32. The molecular weight excluding hydrogens is 204 g/mol. The lowest BCUT2D eigenvalue weighted by molar-refractivity contribution is 0.181. The van der Waals surface area contributed by atoms with Gasteiger partial charge in [0.2, 0.25) is 0 Å². The maximum Gasteiger partial charge on any atom is 0.0249 e. The third-order valence-electron chi connectivity index (χ3n) is 3.71. The fourth-order valence-electron chi connectivity index (χ4n) is 2.95. The summed E-state index contributed by atoms with van der Waals surface area (Å²) in [6.07, 6.45) is 5.68. The van der Waals surface area contributed by atoms with Crippen LogP contribution in [-0.4, -0.2) is 48.1 Å². The average molecular weight is 228 g/mol. The Kier molecular flexibility index (Phi) is 4.79. The monoisotopic (exact) mass is 228 g/mol. The van der Waals surface area contributed by atoms with Crippen LogP contribution in [-0.2, 0) is 0 Å². The van der Waals surface area contributed by atoms with Gasteiger partial charge in [-0.3, -0.25) is 4.90 Å². The number of hydrogen-bond acceptors (Lipinski definition) is 3. The van der Waals surface area contributed by atoms with Crippen LogP contribution in [0.3, 0.4) is 0 Å². The molecule has 0 aromatic rings. The molecule has 0 saturated carbocycles. The van der Waals surface area contributed by atoms with Gasteiger partial charge in [-0.15, -0.1) is 0 Å². The smallest absolute Gasteiger partial charge is 0.0249 e. The average Bonchev–Trinajstić information content (AvgIpc) is 2.68. The predicted molar refractivity (Wildman–Crippen MR) is 68.6 cm³/mol. The maximum atomic E-state index is 3.75. The van der Waals surface area contributed by atoms with Gasteiger partial charge in [0, 0.05) is 30.9 Å². The molecule has 0 spiro atoms. The molecule has 0 aromatic heterocycles. The summed E-state index contributed by atoms with van der Waals surface area (Å²) in [4.78, 5) is 2.70. The van der Waals surface area contributed by atoms with Gasteiger partial charge in [-0.2, -0.15) is 11.8 Å². The SMILES string of the molecule is CCSCCNC1CCN2CCCCC12. The van der Waals surface area contributed by atoms with Crippen molar-refractivity contribution in [3.63, 3.8) is 0 Å². The summed E-state index contributed by atoms with van der Waals surface area (Å²) in [7, 11) is 0. The Morgan fingerprint density at radius 2 is 2.20 bits per heavy atom. The van der Waals surface area contributed by atoms with Gasteiger partial charge in [0.1, 0.15) is 0 Å². The molecule has 2 unspecified atom stereocenters. The lowest BCUT2D eigenvalue weighted by atomic mass is 9.99. The van der Waals surface area contributed by atoms with Crippen LogP contribution in [0.25, 0.3) is 0 Å². The van der Waals surface area contributed by atoms with Crippen LogP contribution in [0.5, 0.6) is 0 Å². The number of nitrogens with one attached hydrogen (secondary N) is 1. The van der Waals surface area contributed by atoms with Crippen LogP contribution in [0.1, 0.15) is 32.6 Å². The Bertz CT molecular complexity index is 186. The zero-order valence-electron chi connectivity index (χ0n) is 9.87. The summed E-state index contributed by atoms with van der Waals surface area (Å²) in [6, 6.07) is 1.66. The molecule has 2 nitrogen and oxygen atoms in total. The summed E-state index contributed by atoms with van der Waals surface area (Å²) in [6.45, 7) is 6.13. The van der Waals surface area contributed by atoms with Crippen molar-refractivity contribution in [1.82, 2.24) is 10.2 Å². The van der Waals surface area contributed by atoms with E-state index in [0.717, 1.165) is 12.1 Å². The fourth-order valence-corrected chi connectivity index (χ4v) is 3.50. The molecule has 0 aromatic carbocycles. The summed E-state index contributed by atoms with van der Waals surface area (Å²) in [5.41, 5.74) is 0. The van der Waals surface area contributed by atoms with E-state index in [0.29, 0.717) is 0 Å². The van der Waals surface area contributed by atoms with Crippen molar-refractivity contribution in [1.29, 1.82) is 0 Å². The molecule has 1 N–H and O–H groups in total. The second-order valence-corrected chi connectivity index (χ2v) is 6.04. The standard InChI is InChI=1S/C12H24N2S/c1-2-15-10-7-13-11-6-9-14-8-4-3-5-12(11)14/h11-13H,2-10H2,1H3. The van der Waals surface area contributed by atoms with E-state index >= 15 is 0 Å². The van der Waals surface area contributed by atoms with Crippen molar-refractivity contribution in [2.24, 2.45) is 0 Å². The second-order valence-electron chi connectivity index (χ2n) is 4.65. The van der Waals surface area contributed by atoms with E-state index in [4.69, 9.17) is 0 Å². The summed E-state index contributed by atoms with van der Waals surface area (Å²) >= 11 is 2.04. The minimum absolute atomic E-state index is 0.794. The van der Waals surface area contributed by atoms with E-state index in [1.165, 1.54) is 56.8 Å². The van der Waals surface area contributed by atoms with Gasteiger partial charge in [-0.1, -0.05) is 13.3 Å². The first-order valence-electron chi connectivity index (χ1n) is 6.47. The number of nitrogens with zero attached hydrogens (tertiary/aromatic N) is 1. The zero-order chi connectivity index (χ0) is 10.5. The minimum atomic E-state index is 0.794. The second kappa shape index (κ2) is 6.12. The molecule has 88 valence electrons. The molecule has 0 aliphatic carbocycles. The highest BCUT2D eigenvalue weighted by Gasteiger charge is 2.34. The Hall–Kier alpha value is 0.270. The Morgan fingerprint density at radius 3 is 3.07 bits per heavy atom. The van der Waals surface area contributed by atoms with E-state index in [2.05, 4.69) is 17.1 Å². The molecule has 2 aliphatic rings. The number of fused-ring (bicyclic) bond motifs is 1. The normalized spacial score (nSPS) is 31.8. The Morgan fingerprint density at radius 1 is 1.27 bits per heavy atom. The van der Waals surface area contributed by atoms with Crippen molar-refractivity contribution >= 4 is 11.8 Å². The van der Waals surface area contributed by atoms with E-state index in [9.17, 15) is 0 Å². The van der Waals surface area contributed by atoms with Gasteiger partial charge in [0.05, 0.1) is 0 Å². The van der Waals surface area contributed by atoms with Crippen molar-refractivity contribution in [2.75, 3.05) is 31.1 Å². The molecule has 2 heterocycles. The third-order valence-corrected chi connectivity index (χ3v) is 4.61. The lowest BCUT2D eigenvalue weighted by Crippen LogP contribution is -2.45. The molecule has 2 atom stereocenters. The van der Waals surface area contributed by atoms with Gasteiger partial charge in [-0.05, 0) is 31.6 Å². The summed E-state index contributed by atoms with van der Waals surface area (Å²) < 4.78 is 0. The van der Waals surface area contributed by atoms with Gasteiger partial charge >= 0.3 is 0 Å². The molecule has 0 amide bonds. The first-order chi connectivity index (χ1) is 7.42. The molecule has 0 bridgehead atoms. The largest absolute Gasteiger partial charge is 0.312 e. The van der Waals surface area contributed by atoms with Crippen LogP contribution in [0.15, 0.2) is 0 Å². The fraction of sp³-hybridized carbons (Fsp3) is 1.00. The number of thioether (sulfide) groups is 1. The number of hydrogen-bond donors (Lipinski definition) is 1. The van der Waals surface area contributed by atoms with Gasteiger partial charge in [-0.25, -0.2) is 0 Å². The topological polar surface area (TPSA) is 15.3 Å². The van der Waals surface area contributed by atoms with Crippen molar-refractivity contribution in [3.8, 4) is 0 Å². The van der Waals surface area contributed by atoms with Crippen LogP contribution in [0, 0.1) is 0 Å². The predicted octanol–water partition coefficient (Wildman–Crippen LogP) is 1.96. The molecule has 0 radical (unpaired) electrons. The molecule has 15 heavy (non-hydrogen) atoms.